The first kappa shape index (κ1) is 18.8. The van der Waals surface area contributed by atoms with Crippen LogP contribution in [0.5, 0.6) is 0 Å². The molecule has 3 rings (SSSR count). The number of nitrogens with zero attached hydrogens (tertiary/aromatic N) is 2. The topological polar surface area (TPSA) is 58.4 Å². The number of amides is 1. The van der Waals surface area contributed by atoms with Crippen molar-refractivity contribution < 1.29 is 13.6 Å². The van der Waals surface area contributed by atoms with Gasteiger partial charge in [-0.2, -0.15) is 0 Å². The summed E-state index contributed by atoms with van der Waals surface area (Å²) in [5.74, 6) is 0.670. The van der Waals surface area contributed by atoms with Gasteiger partial charge in [-0.25, -0.2) is 9.37 Å². The van der Waals surface area contributed by atoms with Crippen LogP contribution in [0.3, 0.4) is 0 Å². The molecule has 1 amide bonds. The molecule has 1 N–H and O–H groups in total. The highest BCUT2D eigenvalue weighted by atomic mass is 19.1. The number of oxazole rings is 1. The molecule has 0 aliphatic carbocycles. The predicted molar refractivity (Wildman–Crippen MR) is 103 cm³/mol. The van der Waals surface area contributed by atoms with Crippen molar-refractivity contribution in [2.75, 3.05) is 18.9 Å². The summed E-state index contributed by atoms with van der Waals surface area (Å²) >= 11 is 0. The Labute approximate surface area is 157 Å². The van der Waals surface area contributed by atoms with Crippen LogP contribution in [0.15, 0.2) is 53.1 Å². The number of aromatic nitrogens is 1. The van der Waals surface area contributed by atoms with E-state index in [1.165, 1.54) is 12.1 Å². The number of hydrogen-bond donors (Lipinski definition) is 1. The fraction of sp³-hybridized carbons (Fsp3) is 0.238. The van der Waals surface area contributed by atoms with Crippen molar-refractivity contribution in [3.05, 3.63) is 71.5 Å². The Balaban J connectivity index is 1.58. The molecule has 0 bridgehead atoms. The van der Waals surface area contributed by atoms with Crippen molar-refractivity contribution in [3.8, 4) is 11.3 Å². The highest BCUT2D eigenvalue weighted by Gasteiger charge is 2.13. The van der Waals surface area contributed by atoms with E-state index in [-0.39, 0.29) is 18.3 Å². The molecule has 3 aromatic rings. The molecule has 2 aromatic carbocycles. The molecule has 140 valence electrons. The molecule has 1 heterocycles. The van der Waals surface area contributed by atoms with Gasteiger partial charge in [-0.1, -0.05) is 18.2 Å². The zero-order valence-corrected chi connectivity index (χ0v) is 15.6. The molecule has 0 aliphatic heterocycles. The molecule has 1 aromatic heterocycles. The van der Waals surface area contributed by atoms with Gasteiger partial charge >= 0.3 is 0 Å². The fourth-order valence-corrected chi connectivity index (χ4v) is 2.85. The van der Waals surface area contributed by atoms with E-state index in [2.05, 4.69) is 10.3 Å². The predicted octanol–water partition coefficient (Wildman–Crippen LogP) is 4.17. The number of likely N-dealkylation sites (N-methyl/N-ethyl adjacent to an activating group) is 1. The highest BCUT2D eigenvalue weighted by Crippen LogP contribution is 2.21. The number of anilines is 1. The van der Waals surface area contributed by atoms with Crippen molar-refractivity contribution in [1.29, 1.82) is 0 Å². The maximum atomic E-state index is 13.0. The number of aryl methyl sites for hydroxylation is 2. The van der Waals surface area contributed by atoms with Crippen LogP contribution in [0.2, 0.25) is 0 Å². The van der Waals surface area contributed by atoms with Crippen LogP contribution in [0.4, 0.5) is 10.1 Å². The minimum absolute atomic E-state index is 0.0970. The second-order valence-corrected chi connectivity index (χ2v) is 6.61. The number of carbonyl (C=O) groups is 1. The third-order valence-corrected chi connectivity index (χ3v) is 4.25. The Morgan fingerprint density at radius 3 is 2.48 bits per heavy atom. The van der Waals surface area contributed by atoms with E-state index in [1.54, 1.807) is 18.3 Å². The zero-order chi connectivity index (χ0) is 19.4. The lowest BCUT2D eigenvalue weighted by molar-refractivity contribution is -0.117. The molecule has 27 heavy (non-hydrogen) atoms. The lowest BCUT2D eigenvalue weighted by Crippen LogP contribution is -2.30. The SMILES string of the molecule is Cc1cccc(C)c1NC(=O)CN(C)Cc1ncc(-c2ccc(F)cc2)o1. The maximum Gasteiger partial charge on any atom is 0.238 e. The van der Waals surface area contributed by atoms with Crippen molar-refractivity contribution in [1.82, 2.24) is 9.88 Å². The number of para-hydroxylation sites is 1. The van der Waals surface area contributed by atoms with Crippen LogP contribution in [-0.2, 0) is 11.3 Å². The molecule has 6 heteroatoms. The first-order chi connectivity index (χ1) is 12.9. The van der Waals surface area contributed by atoms with Gasteiger partial charge in [0.15, 0.2) is 5.76 Å². The number of halogens is 1. The molecule has 0 spiro atoms. The summed E-state index contributed by atoms with van der Waals surface area (Å²) in [6.45, 7) is 4.54. The lowest BCUT2D eigenvalue weighted by atomic mass is 10.1. The summed E-state index contributed by atoms with van der Waals surface area (Å²) in [5.41, 5.74) is 3.67. The van der Waals surface area contributed by atoms with Gasteiger partial charge in [0, 0.05) is 11.3 Å². The summed E-state index contributed by atoms with van der Waals surface area (Å²) in [4.78, 5) is 18.4. The van der Waals surface area contributed by atoms with Gasteiger partial charge in [0.25, 0.3) is 0 Å². The molecule has 5 nitrogen and oxygen atoms in total. The molecule has 0 aliphatic rings. The van der Waals surface area contributed by atoms with Crippen LogP contribution < -0.4 is 5.32 Å². The molecule has 0 fully saturated rings. The number of benzene rings is 2. The van der Waals surface area contributed by atoms with Crippen LogP contribution in [0, 0.1) is 19.7 Å². The minimum Gasteiger partial charge on any atom is -0.439 e. The third-order valence-electron chi connectivity index (χ3n) is 4.25. The first-order valence-electron chi connectivity index (χ1n) is 8.67. The third kappa shape index (κ3) is 4.80. The average molecular weight is 367 g/mol. The Morgan fingerprint density at radius 1 is 1.15 bits per heavy atom. The van der Waals surface area contributed by atoms with Gasteiger partial charge < -0.3 is 9.73 Å². The van der Waals surface area contributed by atoms with Gasteiger partial charge in [0.05, 0.1) is 19.3 Å². The van der Waals surface area contributed by atoms with Gasteiger partial charge in [0.2, 0.25) is 11.8 Å². The first-order valence-corrected chi connectivity index (χ1v) is 8.67. The van der Waals surface area contributed by atoms with Gasteiger partial charge in [-0.3, -0.25) is 9.69 Å². The Hall–Kier alpha value is -2.99. The second-order valence-electron chi connectivity index (χ2n) is 6.61. The zero-order valence-electron chi connectivity index (χ0n) is 15.6. The van der Waals surface area contributed by atoms with Crippen molar-refractivity contribution in [2.24, 2.45) is 0 Å². The van der Waals surface area contributed by atoms with E-state index in [0.717, 1.165) is 22.4 Å². The van der Waals surface area contributed by atoms with E-state index in [4.69, 9.17) is 4.42 Å². The van der Waals surface area contributed by atoms with Crippen molar-refractivity contribution >= 4 is 11.6 Å². The smallest absolute Gasteiger partial charge is 0.238 e. The maximum absolute atomic E-state index is 13.0. The number of nitrogens with one attached hydrogen (secondary N) is 1. The van der Waals surface area contributed by atoms with Gasteiger partial charge in [-0.15, -0.1) is 0 Å². The number of carbonyl (C=O) groups excluding carboxylic acids is 1. The molecule has 0 saturated heterocycles. The van der Waals surface area contributed by atoms with Crippen LogP contribution in [-0.4, -0.2) is 29.4 Å². The van der Waals surface area contributed by atoms with Crippen LogP contribution in [0.1, 0.15) is 17.0 Å². The average Bonchev–Trinajstić information content (AvgIpc) is 3.07. The summed E-state index contributed by atoms with van der Waals surface area (Å²) in [6.07, 6.45) is 1.60. The highest BCUT2D eigenvalue weighted by molar-refractivity contribution is 5.93. The monoisotopic (exact) mass is 367 g/mol. The molecule has 0 unspecified atom stereocenters. The largest absolute Gasteiger partial charge is 0.439 e. The Bertz CT molecular complexity index is 915. The van der Waals surface area contributed by atoms with Gasteiger partial charge in [0.1, 0.15) is 5.82 Å². The van der Waals surface area contributed by atoms with Crippen LogP contribution >= 0.6 is 0 Å². The fourth-order valence-electron chi connectivity index (χ4n) is 2.85. The van der Waals surface area contributed by atoms with E-state index in [9.17, 15) is 9.18 Å². The normalized spacial score (nSPS) is 11.0. The molecule has 0 saturated carbocycles. The quantitative estimate of drug-likeness (QED) is 0.710. The van der Waals surface area contributed by atoms with E-state index >= 15 is 0 Å². The van der Waals surface area contributed by atoms with Crippen molar-refractivity contribution in [2.45, 2.75) is 20.4 Å². The van der Waals surface area contributed by atoms with Crippen LogP contribution in [0.25, 0.3) is 11.3 Å². The summed E-state index contributed by atoms with van der Waals surface area (Å²) in [7, 11) is 1.83. The lowest BCUT2D eigenvalue weighted by Gasteiger charge is -2.16. The van der Waals surface area contributed by atoms with E-state index < -0.39 is 0 Å². The molecular weight excluding hydrogens is 345 g/mol. The Kier molecular flexibility index (Phi) is 5.66. The summed E-state index contributed by atoms with van der Waals surface area (Å²) in [6, 6.07) is 11.9. The van der Waals surface area contributed by atoms with E-state index in [0.29, 0.717) is 18.2 Å². The molecule has 0 radical (unpaired) electrons. The van der Waals surface area contributed by atoms with Gasteiger partial charge in [-0.05, 0) is 56.3 Å². The van der Waals surface area contributed by atoms with E-state index in [1.807, 2.05) is 44.0 Å². The van der Waals surface area contributed by atoms with Crippen molar-refractivity contribution in [3.63, 3.8) is 0 Å². The molecular formula is C21H22FN3O2. The molecule has 0 atom stereocenters. The summed E-state index contributed by atoms with van der Waals surface area (Å²) in [5, 5.41) is 2.96. The number of rotatable bonds is 6. The Morgan fingerprint density at radius 2 is 1.81 bits per heavy atom. The minimum atomic E-state index is -0.298. The second kappa shape index (κ2) is 8.14. The number of hydrogen-bond acceptors (Lipinski definition) is 4. The standard InChI is InChI=1S/C21H22FN3O2/c1-14-5-4-6-15(2)21(14)24-19(26)12-25(3)13-20-23-11-18(27-20)16-7-9-17(22)10-8-16/h4-11H,12-13H2,1-3H3,(H,24,26). The summed E-state index contributed by atoms with van der Waals surface area (Å²) < 4.78 is 18.7.